The molecule has 0 heterocycles. The number of methoxy groups -OCH3 is 1. The van der Waals surface area contributed by atoms with E-state index >= 15 is 0 Å². The SMILES string of the molecule is CC#CCCNC(=O)c1ccc(Br)cc1OC. The monoisotopic (exact) mass is 295 g/mol. The molecule has 1 aromatic rings. The number of amides is 1. The molecule has 0 aliphatic rings. The summed E-state index contributed by atoms with van der Waals surface area (Å²) < 4.78 is 6.03. The van der Waals surface area contributed by atoms with Crippen LogP contribution in [-0.4, -0.2) is 19.6 Å². The van der Waals surface area contributed by atoms with Crippen molar-refractivity contribution in [2.24, 2.45) is 0 Å². The molecule has 0 bridgehead atoms. The number of nitrogens with one attached hydrogen (secondary N) is 1. The third-order valence-corrected chi connectivity index (χ3v) is 2.61. The number of rotatable bonds is 4. The Morgan fingerprint density at radius 1 is 1.53 bits per heavy atom. The van der Waals surface area contributed by atoms with Crippen molar-refractivity contribution in [3.05, 3.63) is 28.2 Å². The van der Waals surface area contributed by atoms with Gasteiger partial charge in [0.25, 0.3) is 5.91 Å². The van der Waals surface area contributed by atoms with Gasteiger partial charge in [-0.2, -0.15) is 0 Å². The van der Waals surface area contributed by atoms with Crippen molar-refractivity contribution in [3.63, 3.8) is 0 Å². The van der Waals surface area contributed by atoms with E-state index in [1.807, 2.05) is 6.07 Å². The van der Waals surface area contributed by atoms with E-state index in [1.54, 1.807) is 26.2 Å². The summed E-state index contributed by atoms with van der Waals surface area (Å²) in [6.07, 6.45) is 0.654. The van der Waals surface area contributed by atoms with Crippen molar-refractivity contribution in [1.29, 1.82) is 0 Å². The average Bonchev–Trinajstić information content (AvgIpc) is 2.34. The summed E-state index contributed by atoms with van der Waals surface area (Å²) in [5.41, 5.74) is 0.528. The summed E-state index contributed by atoms with van der Waals surface area (Å²) in [4.78, 5) is 11.8. The van der Waals surface area contributed by atoms with Crippen LogP contribution in [0.1, 0.15) is 23.7 Å². The predicted molar refractivity (Wildman–Crippen MR) is 71.1 cm³/mol. The van der Waals surface area contributed by atoms with Crippen LogP contribution in [0.5, 0.6) is 5.75 Å². The Labute approximate surface area is 110 Å². The normalized spacial score (nSPS) is 9.12. The zero-order valence-corrected chi connectivity index (χ0v) is 11.4. The maximum atomic E-state index is 11.8. The van der Waals surface area contributed by atoms with Crippen LogP contribution in [0.3, 0.4) is 0 Å². The molecule has 1 aromatic carbocycles. The molecule has 1 N–H and O–H groups in total. The molecule has 17 heavy (non-hydrogen) atoms. The first-order valence-corrected chi connectivity index (χ1v) is 5.99. The van der Waals surface area contributed by atoms with Gasteiger partial charge in [-0.05, 0) is 25.1 Å². The zero-order valence-electron chi connectivity index (χ0n) is 9.84. The van der Waals surface area contributed by atoms with Crippen LogP contribution in [0.2, 0.25) is 0 Å². The van der Waals surface area contributed by atoms with Gasteiger partial charge in [0.05, 0.1) is 12.7 Å². The molecule has 0 aliphatic carbocycles. The molecule has 1 amide bonds. The number of hydrogen-bond acceptors (Lipinski definition) is 2. The molecular weight excluding hydrogens is 282 g/mol. The Morgan fingerprint density at radius 2 is 2.29 bits per heavy atom. The fraction of sp³-hybridized carbons (Fsp3) is 0.308. The van der Waals surface area contributed by atoms with Gasteiger partial charge >= 0.3 is 0 Å². The second-order valence-electron chi connectivity index (χ2n) is 3.28. The van der Waals surface area contributed by atoms with Crippen LogP contribution in [0, 0.1) is 11.8 Å². The lowest BCUT2D eigenvalue weighted by molar-refractivity contribution is 0.0951. The zero-order chi connectivity index (χ0) is 12.7. The van der Waals surface area contributed by atoms with E-state index in [-0.39, 0.29) is 5.91 Å². The third-order valence-electron chi connectivity index (χ3n) is 2.12. The Morgan fingerprint density at radius 3 is 2.94 bits per heavy atom. The molecule has 90 valence electrons. The van der Waals surface area contributed by atoms with Crippen LogP contribution >= 0.6 is 15.9 Å². The number of ether oxygens (including phenoxy) is 1. The molecule has 0 saturated heterocycles. The summed E-state index contributed by atoms with van der Waals surface area (Å²) >= 11 is 3.33. The van der Waals surface area contributed by atoms with Gasteiger partial charge in [-0.25, -0.2) is 0 Å². The molecule has 0 spiro atoms. The highest BCUT2D eigenvalue weighted by molar-refractivity contribution is 9.10. The van der Waals surface area contributed by atoms with Crippen LogP contribution < -0.4 is 10.1 Å². The van der Waals surface area contributed by atoms with Gasteiger partial charge in [-0.1, -0.05) is 15.9 Å². The summed E-state index contributed by atoms with van der Waals surface area (Å²) in [5.74, 6) is 6.08. The Hall–Kier alpha value is -1.47. The van der Waals surface area contributed by atoms with E-state index < -0.39 is 0 Å². The van der Waals surface area contributed by atoms with E-state index in [1.165, 1.54) is 0 Å². The molecule has 0 saturated carbocycles. The first-order valence-electron chi connectivity index (χ1n) is 5.20. The standard InChI is InChI=1S/C13H14BrNO2/c1-3-4-5-8-15-13(16)11-7-6-10(14)9-12(11)17-2/h6-7,9H,5,8H2,1-2H3,(H,15,16). The second kappa shape index (κ2) is 6.97. The van der Waals surface area contributed by atoms with E-state index in [2.05, 4.69) is 33.1 Å². The van der Waals surface area contributed by atoms with Crippen molar-refractivity contribution in [1.82, 2.24) is 5.32 Å². The quantitative estimate of drug-likeness (QED) is 0.685. The van der Waals surface area contributed by atoms with Gasteiger partial charge in [0, 0.05) is 17.4 Å². The van der Waals surface area contributed by atoms with E-state index in [0.717, 1.165) is 4.47 Å². The maximum Gasteiger partial charge on any atom is 0.255 e. The highest BCUT2D eigenvalue weighted by Gasteiger charge is 2.11. The third kappa shape index (κ3) is 4.12. The van der Waals surface area contributed by atoms with Crippen LogP contribution in [-0.2, 0) is 0 Å². The molecule has 0 aliphatic heterocycles. The largest absolute Gasteiger partial charge is 0.496 e. The van der Waals surface area contributed by atoms with Crippen molar-refractivity contribution >= 4 is 21.8 Å². The molecule has 3 nitrogen and oxygen atoms in total. The van der Waals surface area contributed by atoms with E-state index in [4.69, 9.17) is 4.74 Å². The summed E-state index contributed by atoms with van der Waals surface area (Å²) in [6.45, 7) is 2.32. The molecule has 0 aromatic heterocycles. The highest BCUT2D eigenvalue weighted by atomic mass is 79.9. The molecule has 0 atom stereocenters. The first kappa shape index (κ1) is 13.6. The Kier molecular flexibility index (Phi) is 5.58. The Balaban J connectivity index is 2.70. The second-order valence-corrected chi connectivity index (χ2v) is 4.19. The fourth-order valence-electron chi connectivity index (χ4n) is 1.31. The Bertz CT molecular complexity index is 460. The highest BCUT2D eigenvalue weighted by Crippen LogP contribution is 2.23. The molecule has 0 unspecified atom stereocenters. The average molecular weight is 296 g/mol. The lowest BCUT2D eigenvalue weighted by Crippen LogP contribution is -2.24. The fourth-order valence-corrected chi connectivity index (χ4v) is 1.65. The lowest BCUT2D eigenvalue weighted by atomic mass is 10.2. The van der Waals surface area contributed by atoms with E-state index in [9.17, 15) is 4.79 Å². The minimum absolute atomic E-state index is 0.146. The summed E-state index contributed by atoms with van der Waals surface area (Å²) in [7, 11) is 1.54. The van der Waals surface area contributed by atoms with Crippen molar-refractivity contribution in [3.8, 4) is 17.6 Å². The summed E-state index contributed by atoms with van der Waals surface area (Å²) in [6, 6.07) is 5.30. The molecule has 4 heteroatoms. The number of halogens is 1. The van der Waals surface area contributed by atoms with Gasteiger partial charge < -0.3 is 10.1 Å². The summed E-state index contributed by atoms with van der Waals surface area (Å²) in [5, 5.41) is 2.79. The molecular formula is C13H14BrNO2. The van der Waals surface area contributed by atoms with Gasteiger partial charge in [0.1, 0.15) is 5.75 Å². The van der Waals surface area contributed by atoms with Crippen molar-refractivity contribution in [2.45, 2.75) is 13.3 Å². The topological polar surface area (TPSA) is 38.3 Å². The van der Waals surface area contributed by atoms with Gasteiger partial charge in [-0.15, -0.1) is 11.8 Å². The lowest BCUT2D eigenvalue weighted by Gasteiger charge is -2.08. The maximum absolute atomic E-state index is 11.8. The molecule has 0 radical (unpaired) electrons. The van der Waals surface area contributed by atoms with Crippen LogP contribution in [0.4, 0.5) is 0 Å². The van der Waals surface area contributed by atoms with Gasteiger partial charge in [-0.3, -0.25) is 4.79 Å². The van der Waals surface area contributed by atoms with Crippen molar-refractivity contribution in [2.75, 3.05) is 13.7 Å². The molecule has 0 fully saturated rings. The predicted octanol–water partition coefficient (Wildman–Crippen LogP) is 2.60. The minimum atomic E-state index is -0.146. The number of hydrogen-bond donors (Lipinski definition) is 1. The van der Waals surface area contributed by atoms with Gasteiger partial charge in [0.2, 0.25) is 0 Å². The van der Waals surface area contributed by atoms with Crippen LogP contribution in [0.25, 0.3) is 0 Å². The van der Waals surface area contributed by atoms with Crippen LogP contribution in [0.15, 0.2) is 22.7 Å². The smallest absolute Gasteiger partial charge is 0.255 e. The molecule has 1 rings (SSSR count). The minimum Gasteiger partial charge on any atom is -0.496 e. The first-order chi connectivity index (χ1) is 8.19. The van der Waals surface area contributed by atoms with Crippen molar-refractivity contribution < 1.29 is 9.53 Å². The van der Waals surface area contributed by atoms with Gasteiger partial charge in [0.15, 0.2) is 0 Å². The number of carbonyl (C=O) groups is 1. The number of benzene rings is 1. The van der Waals surface area contributed by atoms with E-state index in [0.29, 0.717) is 24.3 Å². The number of carbonyl (C=O) groups excluding carboxylic acids is 1.